The highest BCUT2D eigenvalue weighted by Gasteiger charge is 2.25. The normalized spacial score (nSPS) is 13.2. The molecule has 0 heterocycles. The van der Waals surface area contributed by atoms with Crippen LogP contribution >= 0.6 is 0 Å². The maximum Gasteiger partial charge on any atom is 0.335 e. The molecular weight excluding hydrogens is 233 g/mol. The van der Waals surface area contributed by atoms with Crippen LogP contribution in [0.2, 0.25) is 0 Å². The molecule has 1 aromatic carbocycles. The lowest BCUT2D eigenvalue weighted by molar-refractivity contribution is 0.0696. The summed E-state index contributed by atoms with van der Waals surface area (Å²) in [7, 11) is 1.81. The highest BCUT2D eigenvalue weighted by molar-refractivity contribution is 5.88. The van der Waals surface area contributed by atoms with Crippen molar-refractivity contribution in [1.29, 1.82) is 0 Å². The molecule has 0 amide bonds. The number of carboxylic acids is 1. The zero-order valence-electron chi connectivity index (χ0n) is 11.5. The van der Waals surface area contributed by atoms with Gasteiger partial charge in [-0.15, -0.1) is 0 Å². The molecule has 0 radical (unpaired) electrons. The van der Waals surface area contributed by atoms with Gasteiger partial charge < -0.3 is 10.0 Å². The van der Waals surface area contributed by atoms with Crippen molar-refractivity contribution in [3.05, 3.63) is 29.6 Å². The second kappa shape index (κ2) is 4.96. The first-order chi connectivity index (χ1) is 8.14. The molecule has 0 bridgehead atoms. The van der Waals surface area contributed by atoms with Gasteiger partial charge in [0.05, 0.1) is 11.3 Å². The van der Waals surface area contributed by atoms with Crippen LogP contribution in [0.25, 0.3) is 0 Å². The smallest absolute Gasteiger partial charge is 0.335 e. The van der Waals surface area contributed by atoms with E-state index in [1.165, 1.54) is 12.1 Å². The monoisotopic (exact) mass is 253 g/mol. The molecule has 4 heteroatoms. The van der Waals surface area contributed by atoms with Crippen LogP contribution in [-0.4, -0.2) is 24.2 Å². The molecule has 0 aliphatic carbocycles. The van der Waals surface area contributed by atoms with Crippen molar-refractivity contribution in [1.82, 2.24) is 0 Å². The molecule has 1 atom stereocenters. The first-order valence-electron chi connectivity index (χ1n) is 5.90. The van der Waals surface area contributed by atoms with E-state index in [0.29, 0.717) is 5.69 Å². The molecule has 3 nitrogen and oxygen atoms in total. The number of hydrogen-bond donors (Lipinski definition) is 1. The molecule has 1 rings (SSSR count). The Morgan fingerprint density at radius 2 is 1.94 bits per heavy atom. The quantitative estimate of drug-likeness (QED) is 0.897. The third-order valence-corrected chi connectivity index (χ3v) is 3.41. The van der Waals surface area contributed by atoms with Crippen LogP contribution in [0.15, 0.2) is 18.2 Å². The van der Waals surface area contributed by atoms with Crippen molar-refractivity contribution in [2.45, 2.75) is 33.7 Å². The van der Waals surface area contributed by atoms with Gasteiger partial charge in [0.15, 0.2) is 0 Å². The Morgan fingerprint density at radius 3 is 2.33 bits per heavy atom. The third kappa shape index (κ3) is 3.00. The Bertz CT molecular complexity index is 452. The first-order valence-corrected chi connectivity index (χ1v) is 5.90. The fourth-order valence-electron chi connectivity index (χ4n) is 1.72. The lowest BCUT2D eigenvalue weighted by Crippen LogP contribution is -2.39. The number of rotatable bonds is 3. The van der Waals surface area contributed by atoms with Crippen molar-refractivity contribution in [3.8, 4) is 0 Å². The third-order valence-electron chi connectivity index (χ3n) is 3.41. The van der Waals surface area contributed by atoms with E-state index in [0.717, 1.165) is 6.07 Å². The lowest BCUT2D eigenvalue weighted by Gasteiger charge is -2.37. The molecule has 1 N–H and O–H groups in total. The van der Waals surface area contributed by atoms with Crippen LogP contribution in [0.5, 0.6) is 0 Å². The summed E-state index contributed by atoms with van der Waals surface area (Å²) in [5, 5.41) is 8.80. The molecule has 1 unspecified atom stereocenters. The average molecular weight is 253 g/mol. The van der Waals surface area contributed by atoms with Gasteiger partial charge in [0.1, 0.15) is 5.82 Å². The molecule has 0 saturated carbocycles. The summed E-state index contributed by atoms with van der Waals surface area (Å²) in [6.07, 6.45) is 0. The Labute approximate surface area is 107 Å². The van der Waals surface area contributed by atoms with Gasteiger partial charge in [-0.3, -0.25) is 0 Å². The van der Waals surface area contributed by atoms with Crippen LogP contribution in [0.4, 0.5) is 10.1 Å². The van der Waals surface area contributed by atoms with Crippen LogP contribution in [0.1, 0.15) is 38.1 Å². The highest BCUT2D eigenvalue weighted by atomic mass is 19.1. The average Bonchev–Trinajstić information content (AvgIpc) is 2.25. The van der Waals surface area contributed by atoms with Gasteiger partial charge in [0.25, 0.3) is 0 Å². The van der Waals surface area contributed by atoms with Gasteiger partial charge in [-0.05, 0) is 30.5 Å². The molecule has 1 aromatic rings. The molecule has 0 fully saturated rings. The maximum absolute atomic E-state index is 13.9. The molecule has 0 spiro atoms. The SMILES string of the molecule is CC(N(C)c1ccc(C(=O)O)cc1F)C(C)(C)C. The minimum Gasteiger partial charge on any atom is -0.478 e. The molecule has 0 aliphatic rings. The van der Waals surface area contributed by atoms with Crippen LogP contribution in [-0.2, 0) is 0 Å². The largest absolute Gasteiger partial charge is 0.478 e. The number of hydrogen-bond acceptors (Lipinski definition) is 2. The number of carbonyl (C=O) groups is 1. The number of anilines is 1. The number of benzene rings is 1. The van der Waals surface area contributed by atoms with E-state index >= 15 is 0 Å². The van der Waals surface area contributed by atoms with E-state index in [9.17, 15) is 9.18 Å². The Kier molecular flexibility index (Phi) is 3.99. The van der Waals surface area contributed by atoms with Crippen molar-refractivity contribution >= 4 is 11.7 Å². The van der Waals surface area contributed by atoms with Gasteiger partial charge >= 0.3 is 5.97 Å². The van der Waals surface area contributed by atoms with Crippen molar-refractivity contribution in [3.63, 3.8) is 0 Å². The van der Waals surface area contributed by atoms with E-state index < -0.39 is 11.8 Å². The van der Waals surface area contributed by atoms with Crippen molar-refractivity contribution < 1.29 is 14.3 Å². The summed E-state index contributed by atoms with van der Waals surface area (Å²) in [6, 6.07) is 4.12. The van der Waals surface area contributed by atoms with Crippen molar-refractivity contribution in [2.24, 2.45) is 5.41 Å². The number of nitrogens with zero attached hydrogens (tertiary/aromatic N) is 1. The van der Waals surface area contributed by atoms with Crippen molar-refractivity contribution in [2.75, 3.05) is 11.9 Å². The fourth-order valence-corrected chi connectivity index (χ4v) is 1.72. The number of carboxylic acid groups (broad SMARTS) is 1. The first kappa shape index (κ1) is 14.5. The topological polar surface area (TPSA) is 40.5 Å². The Balaban J connectivity index is 3.08. The zero-order valence-corrected chi connectivity index (χ0v) is 11.5. The maximum atomic E-state index is 13.9. The minimum absolute atomic E-state index is 0.00661. The predicted molar refractivity (Wildman–Crippen MR) is 70.7 cm³/mol. The summed E-state index contributed by atoms with van der Waals surface area (Å²) >= 11 is 0. The van der Waals surface area contributed by atoms with Gasteiger partial charge in [-0.25, -0.2) is 9.18 Å². The second-order valence-corrected chi connectivity index (χ2v) is 5.62. The summed E-state index contributed by atoms with van der Waals surface area (Å²) in [6.45, 7) is 8.26. The van der Waals surface area contributed by atoms with Crippen LogP contribution in [0.3, 0.4) is 0 Å². The van der Waals surface area contributed by atoms with E-state index in [-0.39, 0.29) is 17.0 Å². The summed E-state index contributed by atoms with van der Waals surface area (Å²) < 4.78 is 13.9. The van der Waals surface area contributed by atoms with E-state index in [2.05, 4.69) is 20.8 Å². The molecule has 0 aliphatic heterocycles. The Hall–Kier alpha value is -1.58. The summed E-state index contributed by atoms with van der Waals surface area (Å²) in [5.74, 6) is -1.62. The van der Waals surface area contributed by atoms with Gasteiger partial charge in [0, 0.05) is 13.1 Å². The summed E-state index contributed by atoms with van der Waals surface area (Å²) in [4.78, 5) is 12.6. The Morgan fingerprint density at radius 1 is 1.39 bits per heavy atom. The van der Waals surface area contributed by atoms with E-state index in [1.807, 2.05) is 18.9 Å². The van der Waals surface area contributed by atoms with Gasteiger partial charge in [-0.2, -0.15) is 0 Å². The second-order valence-electron chi connectivity index (χ2n) is 5.62. The van der Waals surface area contributed by atoms with E-state index in [1.54, 1.807) is 0 Å². The minimum atomic E-state index is -1.12. The fraction of sp³-hybridized carbons (Fsp3) is 0.500. The highest BCUT2D eigenvalue weighted by Crippen LogP contribution is 2.29. The molecule has 0 saturated heterocycles. The standard InChI is InChI=1S/C14H20FNO2/c1-9(14(2,3)4)16(5)12-7-6-10(13(17)18)8-11(12)15/h6-9H,1-5H3,(H,17,18). The zero-order chi connectivity index (χ0) is 14.1. The van der Waals surface area contributed by atoms with Gasteiger partial charge in [0.2, 0.25) is 0 Å². The predicted octanol–water partition coefficient (Wildman–Crippen LogP) is 3.39. The van der Waals surface area contributed by atoms with Crippen LogP contribution in [0, 0.1) is 11.2 Å². The molecule has 0 aromatic heterocycles. The molecule has 100 valence electrons. The lowest BCUT2D eigenvalue weighted by atomic mass is 9.87. The summed E-state index contributed by atoms with van der Waals surface area (Å²) in [5.41, 5.74) is 0.391. The molecular formula is C14H20FNO2. The van der Waals surface area contributed by atoms with E-state index in [4.69, 9.17) is 5.11 Å². The van der Waals surface area contributed by atoms with Crippen LogP contribution < -0.4 is 4.90 Å². The number of halogens is 1. The molecule has 18 heavy (non-hydrogen) atoms. The number of aromatic carboxylic acids is 1. The van der Waals surface area contributed by atoms with Gasteiger partial charge in [-0.1, -0.05) is 20.8 Å².